The first kappa shape index (κ1) is 16.2. The van der Waals surface area contributed by atoms with E-state index in [4.69, 9.17) is 0 Å². The molecule has 5 nitrogen and oxygen atoms in total. The van der Waals surface area contributed by atoms with Crippen LogP contribution in [0.15, 0.2) is 23.0 Å². The average molecular weight is 301 g/mol. The second-order valence-electron chi connectivity index (χ2n) is 5.46. The van der Waals surface area contributed by atoms with Gasteiger partial charge in [-0.15, -0.1) is 0 Å². The number of hydrogen-bond donors (Lipinski definition) is 2. The number of fused-ring (bicyclic) bond motifs is 1. The topological polar surface area (TPSA) is 65.2 Å². The maximum absolute atomic E-state index is 12.8. The van der Waals surface area contributed by atoms with Gasteiger partial charge in [0.1, 0.15) is 0 Å². The zero-order valence-corrected chi connectivity index (χ0v) is 13.6. The maximum Gasteiger partial charge on any atom is 0.221 e. The lowest BCUT2D eigenvalue weighted by atomic mass is 10.1. The summed E-state index contributed by atoms with van der Waals surface area (Å²) in [6.45, 7) is 10.00. The summed E-state index contributed by atoms with van der Waals surface area (Å²) in [5.41, 5.74) is 3.15. The number of amides is 1. The molecule has 0 radical (unpaired) electrons. The summed E-state index contributed by atoms with van der Waals surface area (Å²) >= 11 is 0. The second kappa shape index (κ2) is 6.75. The smallest absolute Gasteiger partial charge is 0.221 e. The van der Waals surface area contributed by atoms with Crippen LogP contribution in [-0.4, -0.2) is 28.9 Å². The Bertz CT molecular complexity index is 745. The number of pyridine rings is 1. The third kappa shape index (κ3) is 3.36. The molecule has 5 heteroatoms. The number of nitrogens with zero attached hydrogens (tertiary/aromatic N) is 1. The van der Waals surface area contributed by atoms with Gasteiger partial charge in [-0.2, -0.15) is 0 Å². The van der Waals surface area contributed by atoms with Gasteiger partial charge in [-0.3, -0.25) is 14.5 Å². The summed E-state index contributed by atoms with van der Waals surface area (Å²) in [5, 5.41) is 3.33. The minimum absolute atomic E-state index is 0.0327. The summed E-state index contributed by atoms with van der Waals surface area (Å²) in [6.07, 6.45) is 0. The molecule has 0 atom stereocenters. The van der Waals surface area contributed by atoms with Crippen LogP contribution in [0.3, 0.4) is 0 Å². The SMILES string of the molecule is CCN(CC)Cc1c(C)[nH]c2ccc(NC(C)=O)cc2c1=O. The van der Waals surface area contributed by atoms with E-state index in [0.29, 0.717) is 17.6 Å². The van der Waals surface area contributed by atoms with Crippen LogP contribution in [0.5, 0.6) is 0 Å². The average Bonchev–Trinajstić information content (AvgIpc) is 2.48. The van der Waals surface area contributed by atoms with Gasteiger partial charge in [0.25, 0.3) is 0 Å². The molecule has 1 aromatic carbocycles. The van der Waals surface area contributed by atoms with Crippen molar-refractivity contribution < 1.29 is 4.79 Å². The van der Waals surface area contributed by atoms with E-state index in [9.17, 15) is 9.59 Å². The molecule has 0 aliphatic carbocycles. The fourth-order valence-electron chi connectivity index (χ4n) is 2.59. The van der Waals surface area contributed by atoms with Crippen molar-refractivity contribution in [2.75, 3.05) is 18.4 Å². The van der Waals surface area contributed by atoms with Crippen molar-refractivity contribution in [1.82, 2.24) is 9.88 Å². The van der Waals surface area contributed by atoms with Crippen molar-refractivity contribution in [2.45, 2.75) is 34.2 Å². The number of benzene rings is 1. The molecular formula is C17H23N3O2. The minimum Gasteiger partial charge on any atom is -0.358 e. The zero-order valence-electron chi connectivity index (χ0n) is 13.6. The van der Waals surface area contributed by atoms with Crippen molar-refractivity contribution in [1.29, 1.82) is 0 Å². The molecule has 1 aromatic heterocycles. The normalized spacial score (nSPS) is 11.1. The first-order valence-electron chi connectivity index (χ1n) is 7.61. The number of hydrogen-bond acceptors (Lipinski definition) is 3. The lowest BCUT2D eigenvalue weighted by molar-refractivity contribution is -0.114. The molecule has 1 heterocycles. The number of aryl methyl sites for hydroxylation is 1. The molecular weight excluding hydrogens is 278 g/mol. The number of aromatic nitrogens is 1. The first-order valence-corrected chi connectivity index (χ1v) is 7.61. The number of nitrogens with one attached hydrogen (secondary N) is 2. The number of aromatic amines is 1. The standard InChI is InChI=1S/C17H23N3O2/c1-5-20(6-2)10-15-11(3)18-16-8-7-13(19-12(4)21)9-14(16)17(15)22/h7-9H,5-6,10H2,1-4H3,(H,18,22)(H,19,21). The highest BCUT2D eigenvalue weighted by Crippen LogP contribution is 2.17. The largest absolute Gasteiger partial charge is 0.358 e. The third-order valence-corrected chi connectivity index (χ3v) is 3.91. The van der Waals surface area contributed by atoms with Crippen LogP contribution < -0.4 is 10.7 Å². The molecule has 0 saturated heterocycles. The molecule has 118 valence electrons. The number of rotatable bonds is 5. The summed E-state index contributed by atoms with van der Waals surface area (Å²) in [6, 6.07) is 5.36. The molecule has 22 heavy (non-hydrogen) atoms. The Kier molecular flexibility index (Phi) is 4.98. The molecule has 2 rings (SSSR count). The van der Waals surface area contributed by atoms with E-state index in [2.05, 4.69) is 29.0 Å². The van der Waals surface area contributed by atoms with Gasteiger partial charge < -0.3 is 10.3 Å². The number of carbonyl (C=O) groups is 1. The maximum atomic E-state index is 12.8. The van der Waals surface area contributed by atoms with Crippen LogP contribution in [-0.2, 0) is 11.3 Å². The summed E-state index contributed by atoms with van der Waals surface area (Å²) in [5.74, 6) is -0.147. The van der Waals surface area contributed by atoms with Crippen molar-refractivity contribution >= 4 is 22.5 Å². The van der Waals surface area contributed by atoms with Crippen molar-refractivity contribution in [2.24, 2.45) is 0 Å². The van der Waals surface area contributed by atoms with Crippen molar-refractivity contribution in [3.63, 3.8) is 0 Å². The van der Waals surface area contributed by atoms with Crippen LogP contribution >= 0.6 is 0 Å². The molecule has 0 spiro atoms. The molecule has 0 aliphatic heterocycles. The van der Waals surface area contributed by atoms with Crippen molar-refractivity contribution in [3.05, 3.63) is 39.7 Å². The highest BCUT2D eigenvalue weighted by molar-refractivity contribution is 5.92. The van der Waals surface area contributed by atoms with Crippen LogP contribution in [0.4, 0.5) is 5.69 Å². The lowest BCUT2D eigenvalue weighted by Gasteiger charge is -2.19. The molecule has 0 fully saturated rings. The van der Waals surface area contributed by atoms with Crippen LogP contribution in [0.2, 0.25) is 0 Å². The fraction of sp³-hybridized carbons (Fsp3) is 0.412. The predicted molar refractivity (Wildman–Crippen MR) is 90.2 cm³/mol. The third-order valence-electron chi connectivity index (χ3n) is 3.91. The molecule has 0 saturated carbocycles. The Morgan fingerprint density at radius 3 is 2.55 bits per heavy atom. The number of anilines is 1. The van der Waals surface area contributed by atoms with E-state index in [1.807, 2.05) is 13.0 Å². The molecule has 0 unspecified atom stereocenters. The van der Waals surface area contributed by atoms with E-state index in [0.717, 1.165) is 29.9 Å². The second-order valence-corrected chi connectivity index (χ2v) is 5.46. The lowest BCUT2D eigenvalue weighted by Crippen LogP contribution is -2.27. The fourth-order valence-corrected chi connectivity index (χ4v) is 2.59. The quantitative estimate of drug-likeness (QED) is 0.892. The zero-order chi connectivity index (χ0) is 16.3. The van der Waals surface area contributed by atoms with Gasteiger partial charge >= 0.3 is 0 Å². The Morgan fingerprint density at radius 2 is 1.95 bits per heavy atom. The van der Waals surface area contributed by atoms with Crippen molar-refractivity contribution in [3.8, 4) is 0 Å². The van der Waals surface area contributed by atoms with Crippen LogP contribution in [0, 0.1) is 6.92 Å². The van der Waals surface area contributed by atoms with Gasteiger partial charge in [0.15, 0.2) is 5.43 Å². The van der Waals surface area contributed by atoms with Crippen LogP contribution in [0.25, 0.3) is 10.9 Å². The monoisotopic (exact) mass is 301 g/mol. The molecule has 2 N–H and O–H groups in total. The highest BCUT2D eigenvalue weighted by atomic mass is 16.1. The van der Waals surface area contributed by atoms with E-state index < -0.39 is 0 Å². The highest BCUT2D eigenvalue weighted by Gasteiger charge is 2.12. The Morgan fingerprint density at radius 1 is 1.27 bits per heavy atom. The Balaban J connectivity index is 2.53. The van der Waals surface area contributed by atoms with Gasteiger partial charge in [0.05, 0.1) is 0 Å². The molecule has 0 aliphatic rings. The van der Waals surface area contributed by atoms with Gasteiger partial charge in [-0.05, 0) is 38.2 Å². The van der Waals surface area contributed by atoms with Gasteiger partial charge in [0, 0.05) is 41.3 Å². The molecule has 1 amide bonds. The number of carbonyl (C=O) groups excluding carboxylic acids is 1. The molecule has 2 aromatic rings. The van der Waals surface area contributed by atoms with E-state index in [1.54, 1.807) is 12.1 Å². The van der Waals surface area contributed by atoms with Gasteiger partial charge in [-0.25, -0.2) is 0 Å². The van der Waals surface area contributed by atoms with E-state index >= 15 is 0 Å². The van der Waals surface area contributed by atoms with Gasteiger partial charge in [0.2, 0.25) is 5.91 Å². The van der Waals surface area contributed by atoms with E-state index in [1.165, 1.54) is 6.92 Å². The molecule has 0 bridgehead atoms. The summed E-state index contributed by atoms with van der Waals surface area (Å²) in [7, 11) is 0. The number of H-pyrrole nitrogens is 1. The van der Waals surface area contributed by atoms with Crippen LogP contribution in [0.1, 0.15) is 32.0 Å². The Hall–Kier alpha value is -2.14. The summed E-state index contributed by atoms with van der Waals surface area (Å²) < 4.78 is 0. The van der Waals surface area contributed by atoms with Gasteiger partial charge in [-0.1, -0.05) is 13.8 Å². The first-order chi connectivity index (χ1) is 10.5. The van der Waals surface area contributed by atoms with E-state index in [-0.39, 0.29) is 11.3 Å². The summed E-state index contributed by atoms with van der Waals surface area (Å²) in [4.78, 5) is 29.5. The predicted octanol–water partition coefficient (Wildman–Crippen LogP) is 2.64. The minimum atomic E-state index is -0.147. The Labute approximate surface area is 130 Å².